The van der Waals surface area contributed by atoms with E-state index in [2.05, 4.69) is 0 Å². The minimum Gasteiger partial charge on any atom is -0.385 e. The number of hydrogen-bond acceptors (Lipinski definition) is 4. The summed E-state index contributed by atoms with van der Waals surface area (Å²) in [5, 5.41) is 20.2. The summed E-state index contributed by atoms with van der Waals surface area (Å²) in [5.74, 6) is -0.109. The maximum atomic E-state index is 11.2. The Morgan fingerprint density at radius 2 is 2.00 bits per heavy atom. The lowest BCUT2D eigenvalue weighted by Gasteiger charge is -2.23. The third-order valence-electron chi connectivity index (χ3n) is 2.27. The highest BCUT2D eigenvalue weighted by molar-refractivity contribution is 5.79. The molecule has 15 heavy (non-hydrogen) atoms. The molecule has 0 heterocycles. The molecule has 86 valence electrons. The van der Waals surface area contributed by atoms with E-state index in [9.17, 15) is 20.0 Å². The van der Waals surface area contributed by atoms with Crippen molar-refractivity contribution in [3.05, 3.63) is 21.9 Å². The monoisotopic (exact) mass is 215 g/mol. The third kappa shape index (κ3) is 4.69. The molecule has 0 spiro atoms. The van der Waals surface area contributed by atoms with Crippen molar-refractivity contribution in [1.82, 2.24) is 0 Å². The van der Waals surface area contributed by atoms with Crippen LogP contribution in [0.5, 0.6) is 0 Å². The van der Waals surface area contributed by atoms with Crippen LogP contribution in [0.3, 0.4) is 0 Å². The normalized spacial score (nSPS) is 15.9. The molecule has 0 rings (SSSR count). The molecule has 5 heteroatoms. The number of Topliss-reactive ketones (excluding diaryl/α,β-unsaturated/α-hetero) is 1. The summed E-state index contributed by atoms with van der Waals surface area (Å²) in [6.45, 7) is 4.83. The van der Waals surface area contributed by atoms with E-state index in [1.807, 2.05) is 0 Å². The van der Waals surface area contributed by atoms with Gasteiger partial charge in [0.2, 0.25) is 6.20 Å². The van der Waals surface area contributed by atoms with Crippen molar-refractivity contribution in [2.45, 2.75) is 45.6 Å². The summed E-state index contributed by atoms with van der Waals surface area (Å²) >= 11 is 0. The topological polar surface area (TPSA) is 80.4 Å². The number of ketones is 1. The van der Waals surface area contributed by atoms with Gasteiger partial charge in [-0.3, -0.25) is 14.9 Å². The summed E-state index contributed by atoms with van der Waals surface area (Å²) in [7, 11) is 0. The van der Waals surface area contributed by atoms with Crippen LogP contribution in [0, 0.1) is 10.1 Å². The van der Waals surface area contributed by atoms with Gasteiger partial charge in [-0.05, 0) is 13.3 Å². The fourth-order valence-electron chi connectivity index (χ4n) is 1.36. The maximum absolute atomic E-state index is 11.2. The zero-order valence-electron chi connectivity index (χ0n) is 9.32. The van der Waals surface area contributed by atoms with E-state index < -0.39 is 10.5 Å². The third-order valence-corrected chi connectivity index (χ3v) is 2.27. The molecular weight excluding hydrogens is 198 g/mol. The number of hydrogen-bond donors (Lipinski definition) is 1. The Morgan fingerprint density at radius 1 is 1.47 bits per heavy atom. The van der Waals surface area contributed by atoms with Gasteiger partial charge in [-0.25, -0.2) is 0 Å². The van der Waals surface area contributed by atoms with E-state index in [1.165, 1.54) is 6.92 Å². The fraction of sp³-hybridized carbons (Fsp3) is 0.700. The summed E-state index contributed by atoms with van der Waals surface area (Å²) in [6.07, 6.45) is 1.39. The van der Waals surface area contributed by atoms with Crippen LogP contribution in [0.25, 0.3) is 0 Å². The molecule has 0 bridgehead atoms. The lowest BCUT2D eigenvalue weighted by molar-refractivity contribution is -0.404. The Labute approximate surface area is 88.9 Å². The van der Waals surface area contributed by atoms with Crippen molar-refractivity contribution in [1.29, 1.82) is 0 Å². The highest BCUT2D eigenvalue weighted by atomic mass is 16.6. The maximum Gasteiger partial charge on any atom is 0.236 e. The van der Waals surface area contributed by atoms with Gasteiger partial charge in [0.25, 0.3) is 0 Å². The van der Waals surface area contributed by atoms with Crippen molar-refractivity contribution >= 4 is 5.78 Å². The predicted molar refractivity (Wildman–Crippen MR) is 55.9 cm³/mol. The van der Waals surface area contributed by atoms with Crippen molar-refractivity contribution < 1.29 is 14.8 Å². The number of nitrogens with zero attached hydrogens (tertiary/aromatic N) is 1. The quantitative estimate of drug-likeness (QED) is 0.540. The molecule has 0 saturated carbocycles. The first-order valence-corrected chi connectivity index (χ1v) is 4.92. The van der Waals surface area contributed by atoms with Gasteiger partial charge >= 0.3 is 0 Å². The Bertz CT molecular complexity index is 281. The predicted octanol–water partition coefficient (Wildman–Crippen LogP) is 1.68. The Hall–Kier alpha value is -1.23. The van der Waals surface area contributed by atoms with E-state index >= 15 is 0 Å². The Kier molecular flexibility index (Phi) is 5.14. The van der Waals surface area contributed by atoms with Crippen LogP contribution in [0.2, 0.25) is 0 Å². The lowest BCUT2D eigenvalue weighted by atomic mass is 9.89. The van der Waals surface area contributed by atoms with Crippen LogP contribution in [-0.2, 0) is 4.79 Å². The van der Waals surface area contributed by atoms with Gasteiger partial charge in [0.05, 0.1) is 10.5 Å². The second kappa shape index (κ2) is 5.60. The van der Waals surface area contributed by atoms with Crippen LogP contribution in [-0.4, -0.2) is 21.4 Å². The highest BCUT2D eigenvalue weighted by Crippen LogP contribution is 2.24. The zero-order chi connectivity index (χ0) is 12.1. The fourth-order valence-corrected chi connectivity index (χ4v) is 1.36. The van der Waals surface area contributed by atoms with Crippen molar-refractivity contribution in [3.8, 4) is 0 Å². The summed E-state index contributed by atoms with van der Waals surface area (Å²) in [6, 6.07) is 0. The lowest BCUT2D eigenvalue weighted by Crippen LogP contribution is -2.30. The van der Waals surface area contributed by atoms with Crippen molar-refractivity contribution in [2.75, 3.05) is 0 Å². The number of aliphatic hydroxyl groups is 1. The molecule has 0 aliphatic carbocycles. The molecular formula is C10H17NO4. The molecule has 0 aromatic rings. The van der Waals surface area contributed by atoms with Gasteiger partial charge in [0, 0.05) is 18.4 Å². The van der Waals surface area contributed by atoms with Gasteiger partial charge in [-0.1, -0.05) is 13.8 Å². The number of nitro groups is 1. The van der Waals surface area contributed by atoms with Gasteiger partial charge in [0.1, 0.15) is 5.78 Å². The molecule has 0 saturated heterocycles. The molecule has 0 aliphatic rings. The first-order valence-electron chi connectivity index (χ1n) is 4.92. The first kappa shape index (κ1) is 13.8. The summed E-state index contributed by atoms with van der Waals surface area (Å²) < 4.78 is 0. The van der Waals surface area contributed by atoms with Crippen LogP contribution < -0.4 is 0 Å². The van der Waals surface area contributed by atoms with E-state index in [4.69, 9.17) is 0 Å². The van der Waals surface area contributed by atoms with Crippen LogP contribution in [0.1, 0.15) is 40.0 Å². The van der Waals surface area contributed by atoms with E-state index in [-0.39, 0.29) is 17.8 Å². The molecule has 0 radical (unpaired) electrons. The van der Waals surface area contributed by atoms with Crippen LogP contribution >= 0.6 is 0 Å². The smallest absolute Gasteiger partial charge is 0.236 e. The van der Waals surface area contributed by atoms with Gasteiger partial charge in [-0.2, -0.15) is 0 Å². The average molecular weight is 215 g/mol. The highest BCUT2D eigenvalue weighted by Gasteiger charge is 2.29. The molecule has 0 fully saturated rings. The van der Waals surface area contributed by atoms with Gasteiger partial charge < -0.3 is 5.11 Å². The minimum absolute atomic E-state index is 0.0724. The molecule has 1 unspecified atom stereocenters. The van der Waals surface area contributed by atoms with Crippen molar-refractivity contribution in [3.63, 3.8) is 0 Å². The SMILES string of the molecule is CCC(=O)CC(C)(O)/C(=C/[N+](=O)[O-])CC. The standard InChI is InChI=1S/C10H17NO4/c1-4-8(7-11(14)15)10(3,13)6-9(12)5-2/h7,13H,4-6H2,1-3H3/b8-7+. The minimum atomic E-state index is -1.41. The Morgan fingerprint density at radius 3 is 2.33 bits per heavy atom. The number of rotatable bonds is 6. The van der Waals surface area contributed by atoms with Crippen LogP contribution in [0.15, 0.2) is 11.8 Å². The van der Waals surface area contributed by atoms with Crippen molar-refractivity contribution in [2.24, 2.45) is 0 Å². The van der Waals surface area contributed by atoms with Crippen LogP contribution in [0.4, 0.5) is 0 Å². The molecule has 1 N–H and O–H groups in total. The van der Waals surface area contributed by atoms with E-state index in [1.54, 1.807) is 13.8 Å². The van der Waals surface area contributed by atoms with E-state index in [0.29, 0.717) is 12.8 Å². The largest absolute Gasteiger partial charge is 0.385 e. The van der Waals surface area contributed by atoms with Gasteiger partial charge in [0.15, 0.2) is 0 Å². The number of carbonyl (C=O) groups excluding carboxylic acids is 1. The summed E-state index contributed by atoms with van der Waals surface area (Å²) in [4.78, 5) is 20.9. The summed E-state index contributed by atoms with van der Waals surface area (Å²) in [5.41, 5.74) is -1.14. The first-order chi connectivity index (χ1) is 6.83. The molecule has 1 atom stereocenters. The molecule has 0 amide bonds. The second-order valence-electron chi connectivity index (χ2n) is 3.64. The molecule has 0 aromatic heterocycles. The molecule has 5 nitrogen and oxygen atoms in total. The van der Waals surface area contributed by atoms with E-state index in [0.717, 1.165) is 6.20 Å². The average Bonchev–Trinajstić information content (AvgIpc) is 2.12. The van der Waals surface area contributed by atoms with Gasteiger partial charge in [-0.15, -0.1) is 0 Å². The molecule has 0 aliphatic heterocycles. The second-order valence-corrected chi connectivity index (χ2v) is 3.64. The number of carbonyl (C=O) groups is 1. The Balaban J connectivity index is 4.81. The zero-order valence-corrected chi connectivity index (χ0v) is 9.32. The molecule has 0 aromatic carbocycles.